The van der Waals surface area contributed by atoms with Gasteiger partial charge in [0.25, 0.3) is 5.89 Å². The van der Waals surface area contributed by atoms with E-state index >= 15 is 0 Å². The van der Waals surface area contributed by atoms with Crippen LogP contribution in [-0.2, 0) is 13.0 Å². The lowest BCUT2D eigenvalue weighted by molar-refractivity contribution is 0.240. The highest BCUT2D eigenvalue weighted by molar-refractivity contribution is 5.38. The summed E-state index contributed by atoms with van der Waals surface area (Å²) in [7, 11) is 0. The van der Waals surface area contributed by atoms with Gasteiger partial charge >= 0.3 is 0 Å². The smallest absolute Gasteiger partial charge is 0.264 e. The molecule has 0 aliphatic heterocycles. The van der Waals surface area contributed by atoms with Crippen molar-refractivity contribution in [1.82, 2.24) is 10.1 Å². The summed E-state index contributed by atoms with van der Waals surface area (Å²) < 4.78 is 10.8. The summed E-state index contributed by atoms with van der Waals surface area (Å²) in [6.07, 6.45) is 0.749. The Morgan fingerprint density at radius 1 is 1.42 bits per heavy atom. The number of aromatic nitrogens is 2. The van der Waals surface area contributed by atoms with Gasteiger partial charge in [-0.15, -0.1) is 0 Å². The van der Waals surface area contributed by atoms with Crippen molar-refractivity contribution in [3.63, 3.8) is 0 Å². The van der Waals surface area contributed by atoms with E-state index in [1.54, 1.807) is 0 Å². The molecule has 0 fully saturated rings. The van der Waals surface area contributed by atoms with Crippen LogP contribution < -0.4 is 10.5 Å². The third kappa shape index (κ3) is 3.32. The van der Waals surface area contributed by atoms with E-state index in [1.807, 2.05) is 39.0 Å². The van der Waals surface area contributed by atoms with Gasteiger partial charge in [0.15, 0.2) is 12.4 Å². The molecule has 102 valence electrons. The third-order valence-electron chi connectivity index (χ3n) is 2.83. The maximum absolute atomic E-state index is 5.95. The molecule has 5 heteroatoms. The minimum absolute atomic E-state index is 0.0798. The van der Waals surface area contributed by atoms with Gasteiger partial charge in [-0.05, 0) is 19.9 Å². The van der Waals surface area contributed by atoms with Gasteiger partial charge < -0.3 is 15.0 Å². The molecule has 0 saturated carbocycles. The maximum atomic E-state index is 5.95. The largest absolute Gasteiger partial charge is 0.483 e. The first-order valence-corrected chi connectivity index (χ1v) is 6.40. The van der Waals surface area contributed by atoms with Crippen molar-refractivity contribution in [1.29, 1.82) is 0 Å². The van der Waals surface area contributed by atoms with Crippen molar-refractivity contribution in [3.8, 4) is 5.75 Å². The fraction of sp³-hybridized carbons (Fsp3) is 0.429. The lowest BCUT2D eigenvalue weighted by atomic mass is 10.1. The summed E-state index contributed by atoms with van der Waals surface area (Å²) in [6, 6.07) is 5.87. The predicted molar refractivity (Wildman–Crippen MR) is 71.8 cm³/mol. The molecule has 0 spiro atoms. The Balaban J connectivity index is 2.10. The van der Waals surface area contributed by atoms with Crippen LogP contribution in [0.4, 0.5) is 0 Å². The Hall–Kier alpha value is -1.88. The van der Waals surface area contributed by atoms with E-state index in [-0.39, 0.29) is 12.6 Å². The molecule has 1 aromatic carbocycles. The minimum atomic E-state index is -0.0798. The van der Waals surface area contributed by atoms with Crippen LogP contribution in [0.1, 0.15) is 42.7 Å². The topological polar surface area (TPSA) is 74.2 Å². The quantitative estimate of drug-likeness (QED) is 0.895. The molecule has 19 heavy (non-hydrogen) atoms. The molecule has 2 N–H and O–H groups in total. The van der Waals surface area contributed by atoms with Gasteiger partial charge in [0.1, 0.15) is 5.75 Å². The molecule has 0 unspecified atom stereocenters. The van der Waals surface area contributed by atoms with Crippen LogP contribution in [-0.4, -0.2) is 10.1 Å². The lowest BCUT2D eigenvalue weighted by Crippen LogP contribution is -2.08. The van der Waals surface area contributed by atoms with Crippen LogP contribution in [0.2, 0.25) is 0 Å². The monoisotopic (exact) mass is 261 g/mol. The molecule has 2 rings (SSSR count). The number of rotatable bonds is 5. The molecule has 0 aliphatic rings. The van der Waals surface area contributed by atoms with Gasteiger partial charge in [0, 0.05) is 18.0 Å². The van der Waals surface area contributed by atoms with Gasteiger partial charge in [-0.2, -0.15) is 4.98 Å². The predicted octanol–water partition coefficient (Wildman–Crippen LogP) is 2.54. The van der Waals surface area contributed by atoms with Crippen LogP contribution in [0.5, 0.6) is 5.75 Å². The van der Waals surface area contributed by atoms with Crippen LogP contribution in [0.15, 0.2) is 22.7 Å². The Bertz CT molecular complexity index is 549. The molecule has 0 aliphatic carbocycles. The van der Waals surface area contributed by atoms with Gasteiger partial charge in [-0.3, -0.25) is 0 Å². The van der Waals surface area contributed by atoms with E-state index in [0.717, 1.165) is 23.3 Å². The second kappa shape index (κ2) is 5.84. The summed E-state index contributed by atoms with van der Waals surface area (Å²) >= 11 is 0. The van der Waals surface area contributed by atoms with E-state index in [0.29, 0.717) is 11.7 Å². The van der Waals surface area contributed by atoms with Crippen molar-refractivity contribution < 1.29 is 9.26 Å². The Morgan fingerprint density at radius 3 is 2.84 bits per heavy atom. The first-order valence-electron chi connectivity index (χ1n) is 6.40. The van der Waals surface area contributed by atoms with Crippen molar-refractivity contribution in [2.75, 3.05) is 0 Å². The Kier molecular flexibility index (Phi) is 4.16. The third-order valence-corrected chi connectivity index (χ3v) is 2.83. The molecule has 0 amide bonds. The number of aryl methyl sites for hydroxylation is 2. The van der Waals surface area contributed by atoms with E-state index in [9.17, 15) is 0 Å². The van der Waals surface area contributed by atoms with Gasteiger partial charge in [-0.1, -0.05) is 29.8 Å². The van der Waals surface area contributed by atoms with E-state index in [4.69, 9.17) is 15.0 Å². The fourth-order valence-electron chi connectivity index (χ4n) is 1.79. The second-order valence-corrected chi connectivity index (χ2v) is 4.58. The summed E-state index contributed by atoms with van der Waals surface area (Å²) in [4.78, 5) is 4.20. The average Bonchev–Trinajstić information content (AvgIpc) is 2.85. The molecular formula is C14H19N3O2. The lowest BCUT2D eigenvalue weighted by Gasteiger charge is -2.13. The number of benzene rings is 1. The summed E-state index contributed by atoms with van der Waals surface area (Å²) in [5, 5.41) is 3.83. The highest BCUT2D eigenvalue weighted by Crippen LogP contribution is 2.25. The number of hydrogen-bond acceptors (Lipinski definition) is 5. The maximum Gasteiger partial charge on any atom is 0.264 e. The van der Waals surface area contributed by atoms with Crippen molar-refractivity contribution in [2.45, 2.75) is 39.8 Å². The highest BCUT2D eigenvalue weighted by atomic mass is 16.5. The van der Waals surface area contributed by atoms with E-state index in [1.165, 1.54) is 0 Å². The number of ether oxygens (including phenoxy) is 1. The summed E-state index contributed by atoms with van der Waals surface area (Å²) in [5.41, 5.74) is 8.09. The van der Waals surface area contributed by atoms with Gasteiger partial charge in [0.05, 0.1) is 0 Å². The van der Waals surface area contributed by atoms with Crippen LogP contribution in [0.25, 0.3) is 0 Å². The van der Waals surface area contributed by atoms with E-state index < -0.39 is 0 Å². The highest BCUT2D eigenvalue weighted by Gasteiger charge is 2.11. The standard InChI is InChI=1S/C14H19N3O2/c1-4-13-16-14(19-17-13)8-18-12-6-5-9(2)7-11(12)10(3)15/h5-7,10H,4,8,15H2,1-3H3/t10-/m0/s1. The first-order chi connectivity index (χ1) is 9.10. The first kappa shape index (κ1) is 13.5. The SMILES string of the molecule is CCc1noc(COc2ccc(C)cc2[C@H](C)N)n1. The van der Waals surface area contributed by atoms with Crippen molar-refractivity contribution in [2.24, 2.45) is 5.73 Å². The zero-order chi connectivity index (χ0) is 13.8. The molecule has 0 bridgehead atoms. The van der Waals surface area contributed by atoms with E-state index in [2.05, 4.69) is 10.1 Å². The fourth-order valence-corrected chi connectivity index (χ4v) is 1.79. The number of hydrogen-bond donors (Lipinski definition) is 1. The van der Waals surface area contributed by atoms with Crippen LogP contribution in [0.3, 0.4) is 0 Å². The molecule has 2 aromatic rings. The minimum Gasteiger partial charge on any atom is -0.483 e. The van der Waals surface area contributed by atoms with Crippen molar-refractivity contribution >= 4 is 0 Å². The molecule has 0 saturated heterocycles. The Morgan fingerprint density at radius 2 is 2.21 bits per heavy atom. The number of nitrogens with zero attached hydrogens (tertiary/aromatic N) is 2. The summed E-state index contributed by atoms with van der Waals surface area (Å²) in [5.74, 6) is 1.93. The molecule has 0 radical (unpaired) electrons. The number of nitrogens with two attached hydrogens (primary N) is 1. The van der Waals surface area contributed by atoms with Crippen LogP contribution >= 0.6 is 0 Å². The Labute approximate surface area is 112 Å². The molecule has 1 aromatic heterocycles. The molecule has 1 atom stereocenters. The average molecular weight is 261 g/mol. The van der Waals surface area contributed by atoms with Crippen molar-refractivity contribution in [3.05, 3.63) is 41.0 Å². The normalized spacial score (nSPS) is 12.4. The van der Waals surface area contributed by atoms with Gasteiger partial charge in [0.2, 0.25) is 0 Å². The zero-order valence-electron chi connectivity index (χ0n) is 11.5. The molecule has 1 heterocycles. The van der Waals surface area contributed by atoms with Crippen LogP contribution in [0, 0.1) is 6.92 Å². The van der Waals surface area contributed by atoms with Gasteiger partial charge in [-0.25, -0.2) is 0 Å². The molecule has 5 nitrogen and oxygen atoms in total. The zero-order valence-corrected chi connectivity index (χ0v) is 11.5. The second-order valence-electron chi connectivity index (χ2n) is 4.58. The summed E-state index contributed by atoms with van der Waals surface area (Å²) in [6.45, 7) is 6.20. The molecular weight excluding hydrogens is 242 g/mol.